The Hall–Kier alpha value is -1.86. The lowest BCUT2D eigenvalue weighted by Gasteiger charge is -2.27. The molecule has 0 aliphatic carbocycles. The monoisotopic (exact) mass is 353 g/mol. The number of carbonyl (C=O) groups excluding carboxylic acids is 1. The van der Waals surface area contributed by atoms with Crippen molar-refractivity contribution < 1.29 is 14.5 Å². The minimum absolute atomic E-state index is 0.0553. The molecule has 2 heterocycles. The molecular formula is C16H20ClN3O4. The highest BCUT2D eigenvalue weighted by atomic mass is 35.5. The lowest BCUT2D eigenvalue weighted by atomic mass is 10.1. The quantitative estimate of drug-likeness (QED) is 0.663. The van der Waals surface area contributed by atoms with Gasteiger partial charge in [-0.3, -0.25) is 14.9 Å². The maximum Gasteiger partial charge on any atom is 0.312 e. The Bertz CT molecular complexity index is 654. The van der Waals surface area contributed by atoms with Crippen molar-refractivity contribution in [3.05, 3.63) is 33.3 Å². The first-order chi connectivity index (χ1) is 11.4. The number of hydrogen-bond donors (Lipinski definition) is 1. The highest BCUT2D eigenvalue weighted by Crippen LogP contribution is 2.31. The SMILES string of the molecule is CC(Oc1ccc(Cl)cc1[N+](=O)[O-])C(=O)N1CCC2CCC(C1)N2. The van der Waals surface area contributed by atoms with Crippen LogP contribution in [0.25, 0.3) is 0 Å². The van der Waals surface area contributed by atoms with E-state index in [-0.39, 0.29) is 22.4 Å². The van der Waals surface area contributed by atoms with Crippen LogP contribution in [0.4, 0.5) is 5.69 Å². The summed E-state index contributed by atoms with van der Waals surface area (Å²) in [5.74, 6) is -0.0895. The molecule has 1 aromatic rings. The van der Waals surface area contributed by atoms with Crippen molar-refractivity contribution in [1.82, 2.24) is 10.2 Å². The number of ether oxygens (including phenoxy) is 1. The summed E-state index contributed by atoms with van der Waals surface area (Å²) < 4.78 is 5.59. The normalized spacial score (nSPS) is 24.3. The summed E-state index contributed by atoms with van der Waals surface area (Å²) >= 11 is 5.79. The number of likely N-dealkylation sites (tertiary alicyclic amines) is 1. The van der Waals surface area contributed by atoms with Gasteiger partial charge in [-0.25, -0.2) is 0 Å². The van der Waals surface area contributed by atoms with Gasteiger partial charge in [-0.1, -0.05) is 11.6 Å². The van der Waals surface area contributed by atoms with Crippen molar-refractivity contribution in [3.63, 3.8) is 0 Å². The van der Waals surface area contributed by atoms with Gasteiger partial charge in [0.05, 0.1) is 4.92 Å². The number of carbonyl (C=O) groups is 1. The molecule has 2 aliphatic rings. The standard InChI is InChI=1S/C16H20ClN3O4/c1-10(24-15-5-2-11(17)8-14(15)20(22)23)16(21)19-7-6-12-3-4-13(9-19)18-12/h2,5,8,10,12-13,18H,3-4,6-7,9H2,1H3. The highest BCUT2D eigenvalue weighted by Gasteiger charge is 2.33. The number of halogens is 1. The van der Waals surface area contributed by atoms with Crippen LogP contribution < -0.4 is 10.1 Å². The molecule has 0 saturated carbocycles. The first-order valence-corrected chi connectivity index (χ1v) is 8.47. The Morgan fingerprint density at radius 2 is 2.17 bits per heavy atom. The van der Waals surface area contributed by atoms with Crippen LogP contribution in [0.15, 0.2) is 18.2 Å². The van der Waals surface area contributed by atoms with Crippen molar-refractivity contribution in [1.29, 1.82) is 0 Å². The third kappa shape index (κ3) is 3.62. The minimum Gasteiger partial charge on any atom is -0.474 e. The van der Waals surface area contributed by atoms with Crippen molar-refractivity contribution in [2.24, 2.45) is 0 Å². The fourth-order valence-electron chi connectivity index (χ4n) is 3.37. The second-order valence-corrected chi connectivity index (χ2v) is 6.78. The summed E-state index contributed by atoms with van der Waals surface area (Å²) in [7, 11) is 0. The number of benzene rings is 1. The molecule has 0 aromatic heterocycles. The summed E-state index contributed by atoms with van der Waals surface area (Å²) in [4.78, 5) is 25.0. The molecule has 7 nitrogen and oxygen atoms in total. The number of nitro benzene ring substituents is 1. The van der Waals surface area contributed by atoms with E-state index in [1.54, 1.807) is 11.8 Å². The first kappa shape index (κ1) is 17.0. The fourth-order valence-corrected chi connectivity index (χ4v) is 3.54. The van der Waals surface area contributed by atoms with E-state index < -0.39 is 11.0 Å². The van der Waals surface area contributed by atoms with Crippen molar-refractivity contribution >= 4 is 23.2 Å². The lowest BCUT2D eigenvalue weighted by molar-refractivity contribution is -0.386. The van der Waals surface area contributed by atoms with Crippen molar-refractivity contribution in [3.8, 4) is 5.75 Å². The average molecular weight is 354 g/mol. The predicted octanol–water partition coefficient (Wildman–Crippen LogP) is 2.37. The Labute approximate surface area is 145 Å². The molecule has 2 saturated heterocycles. The maximum absolute atomic E-state index is 12.7. The second kappa shape index (κ2) is 6.94. The third-order valence-electron chi connectivity index (χ3n) is 4.60. The van der Waals surface area contributed by atoms with E-state index in [0.29, 0.717) is 25.2 Å². The van der Waals surface area contributed by atoms with E-state index in [9.17, 15) is 14.9 Å². The van der Waals surface area contributed by atoms with Gasteiger partial charge in [0.25, 0.3) is 5.91 Å². The number of amides is 1. The molecular weight excluding hydrogens is 334 g/mol. The highest BCUT2D eigenvalue weighted by molar-refractivity contribution is 6.30. The number of nitrogens with one attached hydrogen (secondary N) is 1. The van der Waals surface area contributed by atoms with Crippen LogP contribution in [0, 0.1) is 10.1 Å². The van der Waals surface area contributed by atoms with Gasteiger partial charge >= 0.3 is 5.69 Å². The van der Waals surface area contributed by atoms with Gasteiger partial charge in [0.15, 0.2) is 11.9 Å². The molecule has 130 valence electrons. The molecule has 0 spiro atoms. The van der Waals surface area contributed by atoms with Gasteiger partial charge in [-0.2, -0.15) is 0 Å². The van der Waals surface area contributed by atoms with Crippen LogP contribution in [0.1, 0.15) is 26.2 Å². The van der Waals surface area contributed by atoms with Crippen molar-refractivity contribution in [2.45, 2.75) is 44.4 Å². The van der Waals surface area contributed by atoms with Gasteiger partial charge in [-0.15, -0.1) is 0 Å². The largest absolute Gasteiger partial charge is 0.474 e. The van der Waals surface area contributed by atoms with E-state index in [0.717, 1.165) is 19.3 Å². The van der Waals surface area contributed by atoms with Gasteiger partial charge in [0.2, 0.25) is 0 Å². The molecule has 2 aliphatic heterocycles. The molecule has 2 bridgehead atoms. The Morgan fingerprint density at radius 1 is 1.42 bits per heavy atom. The van der Waals surface area contributed by atoms with Gasteiger partial charge in [0, 0.05) is 36.3 Å². The summed E-state index contributed by atoms with van der Waals surface area (Å²) in [6, 6.07) is 4.98. The molecule has 2 fully saturated rings. The van der Waals surface area contributed by atoms with Crippen LogP contribution >= 0.6 is 11.6 Å². The summed E-state index contributed by atoms with van der Waals surface area (Å²) in [5.41, 5.74) is -0.237. The van der Waals surface area contributed by atoms with E-state index in [1.165, 1.54) is 18.2 Å². The zero-order valence-electron chi connectivity index (χ0n) is 13.4. The Balaban J connectivity index is 1.69. The second-order valence-electron chi connectivity index (χ2n) is 6.34. The number of nitro groups is 1. The molecule has 1 aromatic carbocycles. The third-order valence-corrected chi connectivity index (χ3v) is 4.84. The van der Waals surface area contributed by atoms with Crippen molar-refractivity contribution in [2.75, 3.05) is 13.1 Å². The summed E-state index contributed by atoms with van der Waals surface area (Å²) in [6.07, 6.45) is 2.37. The van der Waals surface area contributed by atoms with Crippen LogP contribution in [-0.4, -0.2) is 47.0 Å². The van der Waals surface area contributed by atoms with Crippen LogP contribution in [0.3, 0.4) is 0 Å². The van der Waals surface area contributed by atoms with Gasteiger partial charge < -0.3 is 15.0 Å². The van der Waals surface area contributed by atoms with E-state index >= 15 is 0 Å². The predicted molar refractivity (Wildman–Crippen MR) is 89.3 cm³/mol. The van der Waals surface area contributed by atoms with E-state index in [1.807, 2.05) is 0 Å². The molecule has 1 amide bonds. The molecule has 3 atom stereocenters. The zero-order chi connectivity index (χ0) is 17.3. The molecule has 0 radical (unpaired) electrons. The molecule has 1 N–H and O–H groups in total. The summed E-state index contributed by atoms with van der Waals surface area (Å²) in [5, 5.41) is 14.9. The fraction of sp³-hybridized carbons (Fsp3) is 0.562. The molecule has 8 heteroatoms. The number of rotatable bonds is 4. The van der Waals surface area contributed by atoms with E-state index in [4.69, 9.17) is 16.3 Å². The van der Waals surface area contributed by atoms with Gasteiger partial charge in [0.1, 0.15) is 0 Å². The van der Waals surface area contributed by atoms with E-state index in [2.05, 4.69) is 5.32 Å². The minimum atomic E-state index is -0.790. The smallest absolute Gasteiger partial charge is 0.312 e. The molecule has 3 rings (SSSR count). The van der Waals surface area contributed by atoms with Crippen LogP contribution in [0.5, 0.6) is 5.75 Å². The molecule has 24 heavy (non-hydrogen) atoms. The first-order valence-electron chi connectivity index (χ1n) is 8.09. The molecule has 3 unspecified atom stereocenters. The Kier molecular flexibility index (Phi) is 4.91. The van der Waals surface area contributed by atoms with Gasteiger partial charge in [-0.05, 0) is 38.3 Å². The number of nitrogens with zero attached hydrogens (tertiary/aromatic N) is 2. The summed E-state index contributed by atoms with van der Waals surface area (Å²) in [6.45, 7) is 2.96. The topological polar surface area (TPSA) is 84.7 Å². The Morgan fingerprint density at radius 3 is 2.92 bits per heavy atom. The zero-order valence-corrected chi connectivity index (χ0v) is 14.2. The van der Waals surface area contributed by atoms with Crippen LogP contribution in [-0.2, 0) is 4.79 Å². The lowest BCUT2D eigenvalue weighted by Crippen LogP contribution is -2.44. The number of fused-ring (bicyclic) bond motifs is 2. The average Bonchev–Trinajstić information content (AvgIpc) is 2.87. The van der Waals surface area contributed by atoms with Crippen LogP contribution in [0.2, 0.25) is 5.02 Å². The number of hydrogen-bond acceptors (Lipinski definition) is 5. The maximum atomic E-state index is 12.7.